The number of carbonyl (C=O) groups excluding carboxylic acids is 3. The molecule has 36 heavy (non-hydrogen) atoms. The second kappa shape index (κ2) is 11.5. The van der Waals surface area contributed by atoms with Gasteiger partial charge in [-0.15, -0.1) is 0 Å². The van der Waals surface area contributed by atoms with Gasteiger partial charge < -0.3 is 14.8 Å². The van der Waals surface area contributed by atoms with Crippen LogP contribution in [0.3, 0.4) is 0 Å². The highest BCUT2D eigenvalue weighted by Gasteiger charge is 2.42. The number of benzene rings is 2. The van der Waals surface area contributed by atoms with Gasteiger partial charge in [-0.1, -0.05) is 12.1 Å². The summed E-state index contributed by atoms with van der Waals surface area (Å²) < 4.78 is 33.9. The number of anilines is 1. The Hall–Kier alpha value is -3.44. The molecule has 10 nitrogen and oxygen atoms in total. The number of carbonyl (C=O) groups is 3. The van der Waals surface area contributed by atoms with E-state index in [1.54, 1.807) is 56.3 Å². The summed E-state index contributed by atoms with van der Waals surface area (Å²) in [4.78, 5) is 42.5. The third kappa shape index (κ3) is 5.52. The number of imide groups is 1. The molecule has 0 saturated carbocycles. The Kier molecular flexibility index (Phi) is 8.70. The minimum atomic E-state index is -2.75. The van der Waals surface area contributed by atoms with Crippen LogP contribution in [0.1, 0.15) is 52.6 Å². The van der Waals surface area contributed by atoms with Crippen LogP contribution in [0.5, 0.6) is 11.5 Å². The zero-order valence-corrected chi connectivity index (χ0v) is 21.8. The summed E-state index contributed by atoms with van der Waals surface area (Å²) >= 11 is 0. The van der Waals surface area contributed by atoms with E-state index >= 15 is 0 Å². The number of likely N-dealkylation sites (N-methyl/N-ethyl adjacent to an activating group) is 1. The number of amides is 3. The maximum Gasteiger partial charge on any atom is 0.264 e. The average molecular weight is 518 g/mol. The Balaban J connectivity index is 2.04. The minimum absolute atomic E-state index is 0.00141. The van der Waals surface area contributed by atoms with Crippen molar-refractivity contribution in [2.45, 2.75) is 32.4 Å². The molecule has 2 unspecified atom stereocenters. The number of rotatable bonds is 11. The molecule has 0 aliphatic carbocycles. The van der Waals surface area contributed by atoms with Crippen LogP contribution < -0.4 is 14.8 Å². The number of nitrogens with one attached hydrogen (secondary N) is 1. The molecule has 0 radical (unpaired) electrons. The van der Waals surface area contributed by atoms with Gasteiger partial charge in [0.05, 0.1) is 42.6 Å². The first-order chi connectivity index (χ1) is 17.1. The van der Waals surface area contributed by atoms with Gasteiger partial charge in [0, 0.05) is 5.75 Å². The van der Waals surface area contributed by atoms with Crippen molar-refractivity contribution < 1.29 is 32.3 Å². The molecule has 194 valence electrons. The molecular formula is C25H31N3O7S. The van der Waals surface area contributed by atoms with Gasteiger partial charge in [0.25, 0.3) is 11.8 Å². The van der Waals surface area contributed by atoms with Gasteiger partial charge in [-0.05, 0) is 64.2 Å². The maximum absolute atomic E-state index is 13.6. The molecule has 0 saturated heterocycles. The van der Waals surface area contributed by atoms with Crippen LogP contribution in [-0.2, 0) is 15.5 Å². The molecular weight excluding hydrogens is 486 g/mol. The van der Waals surface area contributed by atoms with Gasteiger partial charge in [0.2, 0.25) is 5.91 Å². The van der Waals surface area contributed by atoms with Crippen molar-refractivity contribution in [1.29, 1.82) is 0 Å². The standard InChI is InChI=1S/C25H31N3O7S/c1-6-35-21-14-16(10-11-20(21)34-5)19(12-13-36(32)33)28-24(30)17-8-7-9-18(22(17)25(28)31)26-23(29)15(2)27(3)4/h7-11,14-15,19,36H,6,12-13H2,1-5H3,(H,26,29). The second-order valence-electron chi connectivity index (χ2n) is 8.54. The molecule has 0 fully saturated rings. The fraction of sp³-hybridized carbons (Fsp3) is 0.400. The fourth-order valence-electron chi connectivity index (χ4n) is 4.00. The van der Waals surface area contributed by atoms with E-state index in [0.717, 1.165) is 4.90 Å². The normalized spacial score (nSPS) is 14.7. The lowest BCUT2D eigenvalue weighted by atomic mass is 10.0. The zero-order valence-electron chi connectivity index (χ0n) is 20.9. The van der Waals surface area contributed by atoms with E-state index in [4.69, 9.17) is 9.47 Å². The van der Waals surface area contributed by atoms with E-state index in [-0.39, 0.29) is 34.9 Å². The van der Waals surface area contributed by atoms with Gasteiger partial charge in [0.15, 0.2) is 11.5 Å². The molecule has 2 atom stereocenters. The summed E-state index contributed by atoms with van der Waals surface area (Å²) in [5, 5.41) is 2.75. The van der Waals surface area contributed by atoms with Crippen LogP contribution in [0.4, 0.5) is 5.69 Å². The van der Waals surface area contributed by atoms with Crippen molar-refractivity contribution in [3.05, 3.63) is 53.1 Å². The van der Waals surface area contributed by atoms with Crippen LogP contribution in [0.2, 0.25) is 0 Å². The molecule has 0 aromatic heterocycles. The van der Waals surface area contributed by atoms with Crippen molar-refractivity contribution in [3.8, 4) is 11.5 Å². The molecule has 1 aliphatic rings. The van der Waals surface area contributed by atoms with Crippen LogP contribution in [0.15, 0.2) is 36.4 Å². The summed E-state index contributed by atoms with van der Waals surface area (Å²) in [6.45, 7) is 3.89. The third-order valence-electron chi connectivity index (χ3n) is 6.13. The lowest BCUT2D eigenvalue weighted by molar-refractivity contribution is -0.119. The smallest absolute Gasteiger partial charge is 0.264 e. The van der Waals surface area contributed by atoms with Crippen molar-refractivity contribution in [2.75, 3.05) is 38.9 Å². The average Bonchev–Trinajstić information content (AvgIpc) is 3.09. The third-order valence-corrected chi connectivity index (χ3v) is 6.75. The summed E-state index contributed by atoms with van der Waals surface area (Å²) in [6.07, 6.45) is 0.00141. The highest BCUT2D eigenvalue weighted by molar-refractivity contribution is 7.72. The number of hydrogen-bond donors (Lipinski definition) is 2. The minimum Gasteiger partial charge on any atom is -0.493 e. The fourth-order valence-corrected chi connectivity index (χ4v) is 4.46. The largest absolute Gasteiger partial charge is 0.493 e. The predicted octanol–water partition coefficient (Wildman–Crippen LogP) is 2.32. The van der Waals surface area contributed by atoms with Gasteiger partial charge in [-0.25, -0.2) is 8.42 Å². The van der Waals surface area contributed by atoms with E-state index in [9.17, 15) is 22.8 Å². The van der Waals surface area contributed by atoms with E-state index in [2.05, 4.69) is 5.32 Å². The van der Waals surface area contributed by atoms with Gasteiger partial charge in [-0.2, -0.15) is 0 Å². The summed E-state index contributed by atoms with van der Waals surface area (Å²) in [5.74, 6) is -0.848. The quantitative estimate of drug-likeness (QED) is 0.344. The zero-order chi connectivity index (χ0) is 26.6. The van der Waals surface area contributed by atoms with Crippen molar-refractivity contribution in [3.63, 3.8) is 0 Å². The molecule has 1 aliphatic heterocycles. The molecule has 2 aromatic rings. The summed E-state index contributed by atoms with van der Waals surface area (Å²) in [5.41, 5.74) is 0.977. The van der Waals surface area contributed by atoms with Crippen LogP contribution >= 0.6 is 0 Å². The molecule has 0 spiro atoms. The SMILES string of the molecule is CCOc1cc(C(CC[SH](=O)=O)N2C(=O)c3cccc(NC(=O)C(C)N(C)C)c3C2=O)ccc1OC. The highest BCUT2D eigenvalue weighted by Crippen LogP contribution is 2.39. The van der Waals surface area contributed by atoms with Crippen LogP contribution in [0.25, 0.3) is 0 Å². The Morgan fingerprint density at radius 1 is 1.11 bits per heavy atom. The molecule has 3 amide bonds. The first-order valence-corrected chi connectivity index (χ1v) is 12.9. The number of thiol groups is 1. The van der Waals surface area contributed by atoms with Gasteiger partial charge in [-0.3, -0.25) is 24.2 Å². The van der Waals surface area contributed by atoms with Gasteiger partial charge in [0.1, 0.15) is 10.7 Å². The predicted molar refractivity (Wildman–Crippen MR) is 135 cm³/mol. The van der Waals surface area contributed by atoms with Crippen LogP contribution in [0, 0.1) is 0 Å². The number of ether oxygens (including phenoxy) is 2. The Bertz CT molecular complexity index is 1230. The van der Waals surface area contributed by atoms with E-state index in [0.29, 0.717) is 23.7 Å². The van der Waals surface area contributed by atoms with E-state index < -0.39 is 34.6 Å². The highest BCUT2D eigenvalue weighted by atomic mass is 32.2. The molecule has 1 N–H and O–H groups in total. The molecule has 11 heteroatoms. The van der Waals surface area contributed by atoms with Gasteiger partial charge >= 0.3 is 0 Å². The van der Waals surface area contributed by atoms with Crippen molar-refractivity contribution in [1.82, 2.24) is 9.80 Å². The lowest BCUT2D eigenvalue weighted by Crippen LogP contribution is -2.37. The summed E-state index contributed by atoms with van der Waals surface area (Å²) in [6, 6.07) is 8.31. The molecule has 3 rings (SSSR count). The van der Waals surface area contributed by atoms with Crippen molar-refractivity contribution in [2.24, 2.45) is 0 Å². The Labute approximate surface area is 212 Å². The first kappa shape index (κ1) is 27.2. The first-order valence-electron chi connectivity index (χ1n) is 11.5. The molecule has 1 heterocycles. The number of fused-ring (bicyclic) bond motifs is 1. The second-order valence-corrected chi connectivity index (χ2v) is 9.65. The van der Waals surface area contributed by atoms with E-state index in [1.165, 1.54) is 13.2 Å². The lowest BCUT2D eigenvalue weighted by Gasteiger charge is -2.27. The Morgan fingerprint density at radius 3 is 2.44 bits per heavy atom. The maximum atomic E-state index is 13.6. The monoisotopic (exact) mass is 517 g/mol. The molecule has 0 bridgehead atoms. The number of hydrogen-bond acceptors (Lipinski definition) is 8. The topological polar surface area (TPSA) is 122 Å². The van der Waals surface area contributed by atoms with Crippen LogP contribution in [-0.4, -0.2) is 75.5 Å². The molecule has 2 aromatic carbocycles. The van der Waals surface area contributed by atoms with Crippen molar-refractivity contribution >= 4 is 34.1 Å². The number of methoxy groups -OCH3 is 1. The van der Waals surface area contributed by atoms with E-state index in [1.807, 2.05) is 6.92 Å². The summed E-state index contributed by atoms with van der Waals surface area (Å²) in [7, 11) is 2.26. The number of nitrogens with zero attached hydrogens (tertiary/aromatic N) is 2. The Morgan fingerprint density at radius 2 is 1.83 bits per heavy atom.